The minimum atomic E-state index is 0.465. The summed E-state index contributed by atoms with van der Waals surface area (Å²) in [4.78, 5) is 14.2. The van der Waals surface area contributed by atoms with Crippen molar-refractivity contribution in [1.82, 2.24) is 0 Å². The first-order valence-corrected chi connectivity index (χ1v) is 12.6. The Balaban J connectivity index is 1.20. The summed E-state index contributed by atoms with van der Waals surface area (Å²) in [6.07, 6.45) is 21.6. The first kappa shape index (κ1) is 16.5. The summed E-state index contributed by atoms with van der Waals surface area (Å²) < 4.78 is 0. The fourth-order valence-electron chi connectivity index (χ4n) is 11.5. The lowest BCUT2D eigenvalue weighted by atomic mass is 9.41. The highest BCUT2D eigenvalue weighted by molar-refractivity contribution is 5.86. The van der Waals surface area contributed by atoms with Crippen LogP contribution in [0.3, 0.4) is 0 Å². The van der Waals surface area contributed by atoms with E-state index < -0.39 is 0 Å². The molecule has 0 radical (unpaired) electrons. The van der Waals surface area contributed by atoms with E-state index >= 15 is 0 Å². The van der Waals surface area contributed by atoms with Gasteiger partial charge in [-0.25, -0.2) is 0 Å². The van der Waals surface area contributed by atoms with Gasteiger partial charge < -0.3 is 0 Å². The Morgan fingerprint density at radius 1 is 0.519 bits per heavy atom. The molecule has 0 spiro atoms. The molecule has 0 N–H and O–H groups in total. The van der Waals surface area contributed by atoms with Gasteiger partial charge in [-0.2, -0.15) is 0 Å². The average Bonchev–Trinajstić information content (AvgIpc) is 2.59. The van der Waals surface area contributed by atoms with E-state index in [9.17, 15) is 4.79 Å². The number of Topliss-reactive ketones (excluding diaryl/α,β-unsaturated/α-hetero) is 1. The number of ketones is 1. The van der Waals surface area contributed by atoms with Gasteiger partial charge in [0.15, 0.2) is 0 Å². The Kier molecular flexibility index (Phi) is 3.31. The molecule has 8 bridgehead atoms. The summed E-state index contributed by atoms with van der Waals surface area (Å²) in [7, 11) is 0. The smallest absolute Gasteiger partial charge is 0.140 e. The first-order valence-electron chi connectivity index (χ1n) is 12.6. The molecule has 9 fully saturated rings. The number of rotatable bonds is 2. The van der Waals surface area contributed by atoms with Gasteiger partial charge in [-0.1, -0.05) is 6.42 Å². The average molecular weight is 367 g/mol. The van der Waals surface area contributed by atoms with Crippen LogP contribution in [0.2, 0.25) is 0 Å². The van der Waals surface area contributed by atoms with E-state index in [4.69, 9.17) is 0 Å². The summed E-state index contributed by atoms with van der Waals surface area (Å²) >= 11 is 0. The molecule has 0 aromatic carbocycles. The van der Waals surface area contributed by atoms with Crippen LogP contribution < -0.4 is 0 Å². The van der Waals surface area contributed by atoms with E-state index in [0.29, 0.717) is 22.7 Å². The Hall–Kier alpha value is -0.330. The van der Waals surface area contributed by atoms with Gasteiger partial charge in [0.1, 0.15) is 5.78 Å². The number of carbonyl (C=O) groups is 1. The summed E-state index contributed by atoms with van der Waals surface area (Å²) in [5, 5.41) is 0. The molecule has 2 atom stereocenters. The Morgan fingerprint density at radius 2 is 0.815 bits per heavy atom. The van der Waals surface area contributed by atoms with Crippen LogP contribution in [-0.4, -0.2) is 5.78 Å². The lowest BCUT2D eigenvalue weighted by molar-refractivity contribution is -0.162. The standard InChI is InChI=1S/C26H38O/c27-24-22(25-10-16-4-17(11-25)6-18(5-16)12-25)2-1-3-23(24)26-13-19-7-20(14-26)9-21(8-19)15-26/h16-23H,1-15H2. The molecule has 9 aliphatic rings. The predicted molar refractivity (Wildman–Crippen MR) is 107 cm³/mol. The predicted octanol–water partition coefficient (Wildman–Crippen LogP) is 6.40. The highest BCUT2D eigenvalue weighted by Gasteiger charge is 2.61. The van der Waals surface area contributed by atoms with Gasteiger partial charge in [-0.15, -0.1) is 0 Å². The van der Waals surface area contributed by atoms with Crippen molar-refractivity contribution in [3.63, 3.8) is 0 Å². The largest absolute Gasteiger partial charge is 0.299 e. The second-order valence-electron chi connectivity index (χ2n) is 13.0. The van der Waals surface area contributed by atoms with Crippen LogP contribution in [-0.2, 0) is 4.79 Å². The van der Waals surface area contributed by atoms with Crippen LogP contribution in [0.1, 0.15) is 96.3 Å². The molecule has 148 valence electrons. The number of carbonyl (C=O) groups excluding carboxylic acids is 1. The summed E-state index contributed by atoms with van der Waals surface area (Å²) in [6.45, 7) is 0. The molecule has 0 aromatic heterocycles. The fraction of sp³-hybridized carbons (Fsp3) is 0.962. The zero-order chi connectivity index (χ0) is 17.8. The quantitative estimate of drug-likeness (QED) is 0.552. The monoisotopic (exact) mass is 366 g/mol. The normalized spacial score (nSPS) is 61.0. The van der Waals surface area contributed by atoms with Gasteiger partial charge in [0.05, 0.1) is 0 Å². The van der Waals surface area contributed by atoms with Crippen molar-refractivity contribution < 1.29 is 4.79 Å². The SMILES string of the molecule is O=C1C(C23CC4CC(CC(C4)C2)C3)CCCC1C12CC3CC(CC(C3)C1)C2. The highest BCUT2D eigenvalue weighted by Crippen LogP contribution is 2.68. The number of hydrogen-bond acceptors (Lipinski definition) is 1. The molecule has 0 amide bonds. The molecule has 9 aliphatic carbocycles. The zero-order valence-electron chi connectivity index (χ0n) is 17.1. The van der Waals surface area contributed by atoms with E-state index in [-0.39, 0.29) is 0 Å². The maximum Gasteiger partial charge on any atom is 0.140 e. The third-order valence-electron chi connectivity index (χ3n) is 11.3. The van der Waals surface area contributed by atoms with Crippen LogP contribution in [0.15, 0.2) is 0 Å². The van der Waals surface area contributed by atoms with Gasteiger partial charge in [-0.3, -0.25) is 4.79 Å². The van der Waals surface area contributed by atoms with Crippen LogP contribution in [0.4, 0.5) is 0 Å². The van der Waals surface area contributed by atoms with E-state index in [2.05, 4.69) is 0 Å². The Labute approximate surface area is 165 Å². The molecule has 1 heteroatoms. The first-order chi connectivity index (χ1) is 13.1. The number of hydrogen-bond donors (Lipinski definition) is 0. The lowest BCUT2D eigenvalue weighted by Gasteiger charge is -2.63. The van der Waals surface area contributed by atoms with E-state index in [0.717, 1.165) is 41.3 Å². The minimum Gasteiger partial charge on any atom is -0.299 e. The molecular weight excluding hydrogens is 328 g/mol. The van der Waals surface area contributed by atoms with Crippen molar-refractivity contribution >= 4 is 5.78 Å². The molecule has 1 nitrogen and oxygen atoms in total. The molecule has 2 unspecified atom stereocenters. The highest BCUT2D eigenvalue weighted by atomic mass is 16.1. The summed E-state index contributed by atoms with van der Waals surface area (Å²) in [6, 6.07) is 0. The van der Waals surface area contributed by atoms with Gasteiger partial charge in [-0.05, 0) is 136 Å². The Bertz CT molecular complexity index is 535. The topological polar surface area (TPSA) is 17.1 Å². The van der Waals surface area contributed by atoms with Crippen LogP contribution in [0.25, 0.3) is 0 Å². The van der Waals surface area contributed by atoms with Gasteiger partial charge in [0, 0.05) is 11.8 Å². The minimum absolute atomic E-state index is 0.465. The van der Waals surface area contributed by atoms with Gasteiger partial charge in [0.2, 0.25) is 0 Å². The van der Waals surface area contributed by atoms with Gasteiger partial charge >= 0.3 is 0 Å². The molecule has 9 saturated carbocycles. The Morgan fingerprint density at radius 3 is 1.11 bits per heavy atom. The molecule has 27 heavy (non-hydrogen) atoms. The fourth-order valence-corrected chi connectivity index (χ4v) is 11.5. The second kappa shape index (κ2) is 5.42. The maximum atomic E-state index is 14.2. The zero-order valence-corrected chi connectivity index (χ0v) is 17.1. The van der Waals surface area contributed by atoms with Crippen molar-refractivity contribution in [1.29, 1.82) is 0 Å². The molecule has 0 saturated heterocycles. The van der Waals surface area contributed by atoms with Crippen molar-refractivity contribution in [2.75, 3.05) is 0 Å². The molecule has 0 aromatic rings. The van der Waals surface area contributed by atoms with E-state index in [1.165, 1.54) is 96.3 Å². The van der Waals surface area contributed by atoms with Crippen molar-refractivity contribution in [2.24, 2.45) is 58.2 Å². The summed E-state index contributed by atoms with van der Waals surface area (Å²) in [5.41, 5.74) is 0.930. The van der Waals surface area contributed by atoms with Crippen molar-refractivity contribution in [2.45, 2.75) is 96.3 Å². The van der Waals surface area contributed by atoms with Crippen molar-refractivity contribution in [3.8, 4) is 0 Å². The van der Waals surface area contributed by atoms with Crippen molar-refractivity contribution in [3.05, 3.63) is 0 Å². The second-order valence-corrected chi connectivity index (χ2v) is 13.0. The summed E-state index contributed by atoms with van der Waals surface area (Å²) in [5.74, 6) is 7.69. The van der Waals surface area contributed by atoms with Crippen LogP contribution in [0.5, 0.6) is 0 Å². The molecule has 9 rings (SSSR count). The third-order valence-corrected chi connectivity index (χ3v) is 11.3. The van der Waals surface area contributed by atoms with E-state index in [1.807, 2.05) is 0 Å². The van der Waals surface area contributed by atoms with Gasteiger partial charge in [0.25, 0.3) is 0 Å². The lowest BCUT2D eigenvalue weighted by Crippen LogP contribution is -2.57. The van der Waals surface area contributed by atoms with E-state index in [1.54, 1.807) is 0 Å². The molecule has 0 heterocycles. The molecule has 0 aliphatic heterocycles. The van der Waals surface area contributed by atoms with Crippen LogP contribution >= 0.6 is 0 Å². The molecular formula is C26H38O. The maximum absolute atomic E-state index is 14.2. The van der Waals surface area contributed by atoms with Crippen LogP contribution in [0, 0.1) is 58.2 Å². The third kappa shape index (κ3) is 2.27.